The molecule has 0 atom stereocenters. The lowest BCUT2D eigenvalue weighted by atomic mass is 10.2. The zero-order valence-electron chi connectivity index (χ0n) is 11.8. The summed E-state index contributed by atoms with van der Waals surface area (Å²) >= 11 is 0. The third-order valence-electron chi connectivity index (χ3n) is 2.57. The molecule has 0 bridgehead atoms. The van der Waals surface area contributed by atoms with Crippen LogP contribution in [-0.4, -0.2) is 32.3 Å². The van der Waals surface area contributed by atoms with Gasteiger partial charge in [0.25, 0.3) is 0 Å². The second kappa shape index (κ2) is 9.39. The summed E-state index contributed by atoms with van der Waals surface area (Å²) in [5, 5.41) is 3.00. The van der Waals surface area contributed by atoms with Crippen LogP contribution in [0, 0.1) is 6.92 Å². The van der Waals surface area contributed by atoms with Crippen molar-refractivity contribution in [3.05, 3.63) is 29.8 Å². The minimum atomic E-state index is -0.205. The topological polar surface area (TPSA) is 47.6 Å². The number of hydrogen-bond acceptors (Lipinski definition) is 4. The zero-order chi connectivity index (χ0) is 13.9. The smallest absolute Gasteiger partial charge is 0.319 e. The summed E-state index contributed by atoms with van der Waals surface area (Å²) in [5.74, 6) is 0.649. The second-order valence-corrected chi connectivity index (χ2v) is 4.42. The van der Waals surface area contributed by atoms with Crippen LogP contribution in [0.4, 0.5) is 0 Å². The number of aryl methyl sites for hydroxylation is 1. The van der Waals surface area contributed by atoms with E-state index in [-0.39, 0.29) is 12.5 Å². The standard InChI is InChI=1S/C15H23NO3/c1-3-4-9-19-15(17)12-16-8-10-18-14-7-5-6-13(2)11-14/h5-7,11,16H,3-4,8-10,12H2,1-2H3. The van der Waals surface area contributed by atoms with Crippen LogP contribution in [0.1, 0.15) is 25.3 Å². The van der Waals surface area contributed by atoms with Crippen LogP contribution in [0.25, 0.3) is 0 Å². The SMILES string of the molecule is CCCCOC(=O)CNCCOc1cccc(C)c1. The van der Waals surface area contributed by atoms with Gasteiger partial charge in [-0.05, 0) is 31.0 Å². The molecule has 0 saturated carbocycles. The zero-order valence-corrected chi connectivity index (χ0v) is 11.8. The van der Waals surface area contributed by atoms with Gasteiger partial charge in [0.1, 0.15) is 12.4 Å². The Balaban J connectivity index is 2.03. The van der Waals surface area contributed by atoms with Crippen LogP contribution in [0.2, 0.25) is 0 Å². The summed E-state index contributed by atoms with van der Waals surface area (Å²) in [5.41, 5.74) is 1.17. The Morgan fingerprint density at radius 1 is 1.32 bits per heavy atom. The molecule has 0 unspecified atom stereocenters. The van der Waals surface area contributed by atoms with E-state index in [0.717, 1.165) is 18.6 Å². The predicted molar refractivity (Wildman–Crippen MR) is 75.4 cm³/mol. The molecule has 0 saturated heterocycles. The van der Waals surface area contributed by atoms with E-state index in [1.165, 1.54) is 5.56 Å². The summed E-state index contributed by atoms with van der Waals surface area (Å²) in [6.45, 7) is 5.99. The van der Waals surface area contributed by atoms with E-state index in [1.807, 2.05) is 31.2 Å². The molecular weight excluding hydrogens is 242 g/mol. The number of nitrogens with one attached hydrogen (secondary N) is 1. The van der Waals surface area contributed by atoms with Crippen molar-refractivity contribution < 1.29 is 14.3 Å². The first-order chi connectivity index (χ1) is 9.22. The van der Waals surface area contributed by atoms with Crippen LogP contribution in [0.3, 0.4) is 0 Å². The molecule has 19 heavy (non-hydrogen) atoms. The maximum Gasteiger partial charge on any atom is 0.319 e. The van der Waals surface area contributed by atoms with Gasteiger partial charge in [-0.1, -0.05) is 25.5 Å². The van der Waals surface area contributed by atoms with Crippen LogP contribution >= 0.6 is 0 Å². The Hall–Kier alpha value is -1.55. The Morgan fingerprint density at radius 3 is 2.89 bits per heavy atom. The van der Waals surface area contributed by atoms with Crippen LogP contribution in [0.15, 0.2) is 24.3 Å². The summed E-state index contributed by atoms with van der Waals surface area (Å²) in [7, 11) is 0. The highest BCUT2D eigenvalue weighted by Gasteiger charge is 2.01. The van der Waals surface area contributed by atoms with Crippen molar-refractivity contribution in [3.63, 3.8) is 0 Å². The molecule has 4 heteroatoms. The maximum atomic E-state index is 11.3. The Labute approximate surface area is 115 Å². The lowest BCUT2D eigenvalue weighted by molar-refractivity contribution is -0.142. The first-order valence-electron chi connectivity index (χ1n) is 6.78. The van der Waals surface area contributed by atoms with Gasteiger partial charge in [0, 0.05) is 6.54 Å². The molecule has 0 aliphatic rings. The van der Waals surface area contributed by atoms with E-state index in [9.17, 15) is 4.79 Å². The third-order valence-corrected chi connectivity index (χ3v) is 2.57. The minimum absolute atomic E-state index is 0.205. The normalized spacial score (nSPS) is 10.2. The summed E-state index contributed by atoms with van der Waals surface area (Å²) < 4.78 is 10.6. The summed E-state index contributed by atoms with van der Waals surface area (Å²) in [6.07, 6.45) is 1.95. The van der Waals surface area contributed by atoms with Crippen molar-refractivity contribution in [2.24, 2.45) is 0 Å². The van der Waals surface area contributed by atoms with E-state index >= 15 is 0 Å². The molecule has 0 spiro atoms. The molecule has 0 fully saturated rings. The Morgan fingerprint density at radius 2 is 2.16 bits per heavy atom. The molecule has 1 aromatic rings. The van der Waals surface area contributed by atoms with Crippen LogP contribution in [-0.2, 0) is 9.53 Å². The largest absolute Gasteiger partial charge is 0.492 e. The second-order valence-electron chi connectivity index (χ2n) is 4.42. The molecule has 0 aliphatic carbocycles. The molecule has 1 rings (SSSR count). The number of hydrogen-bond donors (Lipinski definition) is 1. The molecule has 0 amide bonds. The van der Waals surface area contributed by atoms with Crippen molar-refractivity contribution in [1.82, 2.24) is 5.32 Å². The third kappa shape index (κ3) is 7.47. The molecule has 1 aromatic carbocycles. The highest BCUT2D eigenvalue weighted by atomic mass is 16.5. The number of carbonyl (C=O) groups excluding carboxylic acids is 1. The van der Waals surface area contributed by atoms with Crippen LogP contribution < -0.4 is 10.1 Å². The number of esters is 1. The molecular formula is C15H23NO3. The predicted octanol–water partition coefficient (Wildman–Crippen LogP) is 2.31. The first kappa shape index (κ1) is 15.5. The van der Waals surface area contributed by atoms with E-state index < -0.39 is 0 Å². The van der Waals surface area contributed by atoms with Gasteiger partial charge in [0.15, 0.2) is 0 Å². The Kier molecular flexibility index (Phi) is 7.66. The molecule has 0 aliphatic heterocycles. The lowest BCUT2D eigenvalue weighted by Crippen LogP contribution is -2.28. The van der Waals surface area contributed by atoms with Crippen molar-refractivity contribution in [1.29, 1.82) is 0 Å². The van der Waals surface area contributed by atoms with Gasteiger partial charge in [0.2, 0.25) is 0 Å². The van der Waals surface area contributed by atoms with Gasteiger partial charge in [-0.15, -0.1) is 0 Å². The minimum Gasteiger partial charge on any atom is -0.492 e. The van der Waals surface area contributed by atoms with Crippen molar-refractivity contribution in [3.8, 4) is 5.75 Å². The molecule has 4 nitrogen and oxygen atoms in total. The number of carbonyl (C=O) groups is 1. The van der Waals surface area contributed by atoms with Crippen molar-refractivity contribution in [2.45, 2.75) is 26.7 Å². The average Bonchev–Trinajstić information content (AvgIpc) is 2.39. The van der Waals surface area contributed by atoms with E-state index in [2.05, 4.69) is 12.2 Å². The number of ether oxygens (including phenoxy) is 2. The molecule has 0 radical (unpaired) electrons. The maximum absolute atomic E-state index is 11.3. The molecule has 1 N–H and O–H groups in total. The van der Waals surface area contributed by atoms with Crippen molar-refractivity contribution >= 4 is 5.97 Å². The fraction of sp³-hybridized carbons (Fsp3) is 0.533. The summed E-state index contributed by atoms with van der Waals surface area (Å²) in [4.78, 5) is 11.3. The van der Waals surface area contributed by atoms with Crippen LogP contribution in [0.5, 0.6) is 5.75 Å². The van der Waals surface area contributed by atoms with E-state index in [1.54, 1.807) is 0 Å². The molecule has 106 valence electrons. The fourth-order valence-corrected chi connectivity index (χ4v) is 1.52. The lowest BCUT2D eigenvalue weighted by Gasteiger charge is -2.08. The number of rotatable bonds is 9. The molecule has 0 aromatic heterocycles. The monoisotopic (exact) mass is 265 g/mol. The van der Waals surface area contributed by atoms with Gasteiger partial charge < -0.3 is 14.8 Å². The van der Waals surface area contributed by atoms with Gasteiger partial charge >= 0.3 is 5.97 Å². The quantitative estimate of drug-likeness (QED) is 0.550. The van der Waals surface area contributed by atoms with E-state index in [0.29, 0.717) is 19.8 Å². The first-order valence-corrected chi connectivity index (χ1v) is 6.78. The summed E-state index contributed by atoms with van der Waals surface area (Å²) in [6, 6.07) is 7.89. The average molecular weight is 265 g/mol. The fourth-order valence-electron chi connectivity index (χ4n) is 1.52. The van der Waals surface area contributed by atoms with Crippen molar-refractivity contribution in [2.75, 3.05) is 26.3 Å². The highest BCUT2D eigenvalue weighted by molar-refractivity contribution is 5.71. The van der Waals surface area contributed by atoms with Gasteiger partial charge in [-0.25, -0.2) is 0 Å². The number of benzene rings is 1. The Bertz CT molecular complexity index is 379. The number of unbranched alkanes of at least 4 members (excludes halogenated alkanes) is 1. The van der Waals surface area contributed by atoms with Gasteiger partial charge in [0.05, 0.1) is 13.2 Å². The van der Waals surface area contributed by atoms with E-state index in [4.69, 9.17) is 9.47 Å². The molecule has 0 heterocycles. The van der Waals surface area contributed by atoms with Gasteiger partial charge in [-0.3, -0.25) is 4.79 Å². The highest BCUT2D eigenvalue weighted by Crippen LogP contribution is 2.11. The van der Waals surface area contributed by atoms with Gasteiger partial charge in [-0.2, -0.15) is 0 Å².